The molecule has 0 aliphatic carbocycles. The second-order valence-electron chi connectivity index (χ2n) is 8.45. The number of hydrogen-bond acceptors (Lipinski definition) is 5. The van der Waals surface area contributed by atoms with Gasteiger partial charge in [-0.3, -0.25) is 15.0 Å². The van der Waals surface area contributed by atoms with Crippen LogP contribution in [0.1, 0.15) is 25.6 Å². The molecule has 0 spiro atoms. The molecule has 2 heterocycles. The van der Waals surface area contributed by atoms with Crippen molar-refractivity contribution >= 4 is 5.69 Å². The average Bonchev–Trinajstić information content (AvgIpc) is 3.15. The molecular formula is C24H29N5O2. The normalized spacial score (nSPS) is 15.5. The molecule has 3 aromatic rings. The third-order valence-corrected chi connectivity index (χ3v) is 5.86. The van der Waals surface area contributed by atoms with Crippen LogP contribution in [0.3, 0.4) is 0 Å². The van der Waals surface area contributed by atoms with E-state index in [0.29, 0.717) is 0 Å². The van der Waals surface area contributed by atoms with Gasteiger partial charge in [0.25, 0.3) is 5.69 Å². The molecule has 0 saturated carbocycles. The zero-order valence-electron chi connectivity index (χ0n) is 18.4. The van der Waals surface area contributed by atoms with Crippen molar-refractivity contribution in [3.63, 3.8) is 0 Å². The van der Waals surface area contributed by atoms with E-state index in [9.17, 15) is 10.1 Å². The van der Waals surface area contributed by atoms with Gasteiger partial charge in [0, 0.05) is 62.0 Å². The van der Waals surface area contributed by atoms with E-state index < -0.39 is 0 Å². The molecule has 1 aromatic heterocycles. The van der Waals surface area contributed by atoms with Crippen LogP contribution in [0.5, 0.6) is 0 Å². The molecule has 0 bridgehead atoms. The molecule has 1 aliphatic heterocycles. The molecule has 31 heavy (non-hydrogen) atoms. The molecule has 0 N–H and O–H groups in total. The molecule has 4 rings (SSSR count). The lowest BCUT2D eigenvalue weighted by atomic mass is 10.1. The molecule has 0 atom stereocenters. The number of nitro groups is 1. The summed E-state index contributed by atoms with van der Waals surface area (Å²) in [5.41, 5.74) is 3.86. The number of benzene rings is 2. The van der Waals surface area contributed by atoms with Crippen LogP contribution in [0.2, 0.25) is 0 Å². The van der Waals surface area contributed by atoms with Gasteiger partial charge in [0.2, 0.25) is 0 Å². The first kappa shape index (κ1) is 21.2. The minimum absolute atomic E-state index is 0.0865. The second-order valence-corrected chi connectivity index (χ2v) is 8.45. The van der Waals surface area contributed by atoms with Gasteiger partial charge >= 0.3 is 0 Å². The monoisotopic (exact) mass is 419 g/mol. The summed E-state index contributed by atoms with van der Waals surface area (Å²) in [6, 6.07) is 17.2. The number of imidazole rings is 1. The van der Waals surface area contributed by atoms with E-state index in [4.69, 9.17) is 4.98 Å². The number of likely N-dealkylation sites (N-methyl/N-ethyl adjacent to an activating group) is 1. The van der Waals surface area contributed by atoms with E-state index in [2.05, 4.69) is 47.4 Å². The third-order valence-electron chi connectivity index (χ3n) is 5.86. The summed E-state index contributed by atoms with van der Waals surface area (Å²) in [4.78, 5) is 20.9. The number of nitrogens with zero attached hydrogens (tertiary/aromatic N) is 5. The largest absolute Gasteiger partial charge is 0.324 e. The number of non-ortho nitro benzene ring substituents is 1. The van der Waals surface area contributed by atoms with E-state index in [-0.39, 0.29) is 16.7 Å². The quantitative estimate of drug-likeness (QED) is 0.436. The van der Waals surface area contributed by atoms with Crippen LogP contribution >= 0.6 is 0 Å². The van der Waals surface area contributed by atoms with Crippen molar-refractivity contribution < 1.29 is 4.92 Å². The Balaban J connectivity index is 1.86. The Morgan fingerprint density at radius 2 is 1.68 bits per heavy atom. The Labute approximate surface area is 183 Å². The van der Waals surface area contributed by atoms with Gasteiger partial charge in [-0.1, -0.05) is 42.5 Å². The highest BCUT2D eigenvalue weighted by atomic mass is 16.6. The number of piperazine rings is 1. The summed E-state index contributed by atoms with van der Waals surface area (Å²) >= 11 is 0. The molecule has 1 saturated heterocycles. The summed E-state index contributed by atoms with van der Waals surface area (Å²) < 4.78 is 2.29. The lowest BCUT2D eigenvalue weighted by Gasteiger charge is -2.33. The summed E-state index contributed by atoms with van der Waals surface area (Å²) in [5, 5.41) is 11.4. The van der Waals surface area contributed by atoms with E-state index >= 15 is 0 Å². The third kappa shape index (κ3) is 4.52. The zero-order valence-corrected chi connectivity index (χ0v) is 18.4. The number of hydrogen-bond donors (Lipinski definition) is 0. The standard InChI is InChI=1S/C24H29N5O2/c1-18(2)28-22(17-27-14-12-26(3)13-15-27)23(20-10-7-11-21(16-20)29(30)31)25-24(28)19-8-5-4-6-9-19/h4-11,16,18H,12-15,17H2,1-3H3. The SMILES string of the molecule is CC(C)n1c(-c2ccccc2)nc(-c2cccc([N+](=O)[O-])c2)c1CN1CCN(C)CC1. The first-order chi connectivity index (χ1) is 14.9. The van der Waals surface area contributed by atoms with Crippen molar-refractivity contribution in [3.8, 4) is 22.6 Å². The lowest BCUT2D eigenvalue weighted by Crippen LogP contribution is -2.44. The number of rotatable bonds is 6. The molecule has 0 unspecified atom stereocenters. The van der Waals surface area contributed by atoms with Gasteiger partial charge in [-0.05, 0) is 20.9 Å². The first-order valence-corrected chi connectivity index (χ1v) is 10.8. The first-order valence-electron chi connectivity index (χ1n) is 10.8. The lowest BCUT2D eigenvalue weighted by molar-refractivity contribution is -0.384. The fourth-order valence-electron chi connectivity index (χ4n) is 4.18. The predicted octanol–water partition coefficient (Wildman–Crippen LogP) is 4.45. The van der Waals surface area contributed by atoms with Crippen LogP contribution in [0, 0.1) is 10.1 Å². The minimum atomic E-state index is -0.346. The summed E-state index contributed by atoms with van der Waals surface area (Å²) in [5.74, 6) is 0.904. The zero-order chi connectivity index (χ0) is 22.0. The van der Waals surface area contributed by atoms with E-state index in [1.54, 1.807) is 12.1 Å². The maximum atomic E-state index is 11.4. The Morgan fingerprint density at radius 1 is 1.00 bits per heavy atom. The predicted molar refractivity (Wildman–Crippen MR) is 123 cm³/mol. The number of aromatic nitrogens is 2. The molecule has 2 aromatic carbocycles. The molecular weight excluding hydrogens is 390 g/mol. The fraction of sp³-hybridized carbons (Fsp3) is 0.375. The van der Waals surface area contributed by atoms with E-state index in [0.717, 1.165) is 61.1 Å². The van der Waals surface area contributed by atoms with Gasteiger partial charge in [0.15, 0.2) is 0 Å². The van der Waals surface area contributed by atoms with Crippen LogP contribution in [-0.4, -0.2) is 57.5 Å². The Morgan fingerprint density at radius 3 is 2.32 bits per heavy atom. The van der Waals surface area contributed by atoms with Gasteiger partial charge in [-0.25, -0.2) is 4.98 Å². The van der Waals surface area contributed by atoms with Crippen molar-refractivity contribution in [2.75, 3.05) is 33.2 Å². The van der Waals surface area contributed by atoms with Gasteiger partial charge < -0.3 is 9.47 Å². The maximum absolute atomic E-state index is 11.4. The maximum Gasteiger partial charge on any atom is 0.270 e. The minimum Gasteiger partial charge on any atom is -0.324 e. The van der Waals surface area contributed by atoms with Crippen molar-refractivity contribution in [1.29, 1.82) is 0 Å². The molecule has 1 aliphatic rings. The van der Waals surface area contributed by atoms with Crippen LogP contribution in [-0.2, 0) is 6.54 Å². The summed E-state index contributed by atoms with van der Waals surface area (Å²) in [6.07, 6.45) is 0. The fourth-order valence-corrected chi connectivity index (χ4v) is 4.18. The Hall–Kier alpha value is -3.03. The van der Waals surface area contributed by atoms with Gasteiger partial charge in [-0.15, -0.1) is 0 Å². The van der Waals surface area contributed by atoms with Crippen LogP contribution in [0.4, 0.5) is 5.69 Å². The number of nitro benzene ring substituents is 1. The van der Waals surface area contributed by atoms with Gasteiger partial charge in [-0.2, -0.15) is 0 Å². The highest BCUT2D eigenvalue weighted by Crippen LogP contribution is 2.34. The Kier molecular flexibility index (Phi) is 6.15. The molecule has 7 nitrogen and oxygen atoms in total. The highest BCUT2D eigenvalue weighted by Gasteiger charge is 2.25. The van der Waals surface area contributed by atoms with Crippen LogP contribution < -0.4 is 0 Å². The highest BCUT2D eigenvalue weighted by molar-refractivity contribution is 5.70. The Bertz CT molecular complexity index is 1050. The van der Waals surface area contributed by atoms with Crippen molar-refractivity contribution in [2.45, 2.75) is 26.4 Å². The van der Waals surface area contributed by atoms with Crippen LogP contribution in [0.15, 0.2) is 54.6 Å². The summed E-state index contributed by atoms with van der Waals surface area (Å²) in [6.45, 7) is 9.16. The van der Waals surface area contributed by atoms with Crippen molar-refractivity contribution in [1.82, 2.24) is 19.4 Å². The average molecular weight is 420 g/mol. The molecule has 162 valence electrons. The van der Waals surface area contributed by atoms with Gasteiger partial charge in [0.1, 0.15) is 5.82 Å². The van der Waals surface area contributed by atoms with Crippen LogP contribution in [0.25, 0.3) is 22.6 Å². The molecule has 0 amide bonds. The molecule has 1 fully saturated rings. The second kappa shape index (κ2) is 8.99. The van der Waals surface area contributed by atoms with E-state index in [1.807, 2.05) is 24.3 Å². The smallest absolute Gasteiger partial charge is 0.270 e. The van der Waals surface area contributed by atoms with Crippen molar-refractivity contribution in [2.24, 2.45) is 0 Å². The topological polar surface area (TPSA) is 67.4 Å². The van der Waals surface area contributed by atoms with Gasteiger partial charge in [0.05, 0.1) is 16.3 Å². The van der Waals surface area contributed by atoms with Crippen molar-refractivity contribution in [3.05, 3.63) is 70.4 Å². The summed E-state index contributed by atoms with van der Waals surface area (Å²) in [7, 11) is 2.15. The molecule has 7 heteroatoms. The molecule has 0 radical (unpaired) electrons. The van der Waals surface area contributed by atoms with E-state index in [1.165, 1.54) is 6.07 Å².